The molecule has 0 bridgehead atoms. The van der Waals surface area contributed by atoms with Gasteiger partial charge < -0.3 is 10.8 Å². The van der Waals surface area contributed by atoms with Crippen LogP contribution in [-0.4, -0.2) is 30.5 Å². The van der Waals surface area contributed by atoms with Crippen LogP contribution in [0.3, 0.4) is 0 Å². The van der Waals surface area contributed by atoms with Gasteiger partial charge in [-0.2, -0.15) is 0 Å². The van der Waals surface area contributed by atoms with Crippen LogP contribution in [0.4, 0.5) is 5.69 Å². The number of hydrogen-bond acceptors (Lipinski definition) is 6. The molecule has 0 aromatic heterocycles. The topological polar surface area (TPSA) is 136 Å². The van der Waals surface area contributed by atoms with E-state index in [4.69, 9.17) is 5.73 Å². The Morgan fingerprint density at radius 2 is 2.11 bits per heavy atom. The Morgan fingerprint density at radius 1 is 1.50 bits per heavy atom. The molecule has 1 aliphatic rings. The Hall–Kier alpha value is -1.71. The second kappa shape index (κ2) is 4.19. The first kappa shape index (κ1) is 12.7. The van der Waals surface area contributed by atoms with Crippen LogP contribution < -0.4 is 10.5 Å². The predicted octanol–water partition coefficient (Wildman–Crippen LogP) is -0.322. The van der Waals surface area contributed by atoms with Crippen molar-refractivity contribution >= 4 is 15.7 Å². The summed E-state index contributed by atoms with van der Waals surface area (Å²) in [5.41, 5.74) is 4.82. The molecule has 1 aromatic rings. The van der Waals surface area contributed by atoms with E-state index in [9.17, 15) is 23.6 Å². The number of benzene rings is 1. The number of nitrogens with zero attached hydrogens (tertiary/aromatic N) is 1. The molecule has 4 N–H and O–H groups in total. The van der Waals surface area contributed by atoms with Crippen molar-refractivity contribution in [2.75, 3.05) is 0 Å². The summed E-state index contributed by atoms with van der Waals surface area (Å²) in [6.07, 6.45) is 0.541. The number of sulfonamides is 1. The highest BCUT2D eigenvalue weighted by Crippen LogP contribution is 2.29. The minimum Gasteiger partial charge on any atom is -0.502 e. The summed E-state index contributed by atoms with van der Waals surface area (Å²) in [6.45, 7) is 0. The third-order valence-corrected chi connectivity index (χ3v) is 4.09. The van der Waals surface area contributed by atoms with Crippen LogP contribution >= 0.6 is 0 Å². The number of phenols is 1. The number of aromatic hydroxyl groups is 1. The zero-order chi connectivity index (χ0) is 13.5. The van der Waals surface area contributed by atoms with E-state index in [0.29, 0.717) is 6.42 Å². The molecule has 0 aliphatic heterocycles. The van der Waals surface area contributed by atoms with Crippen molar-refractivity contribution in [3.63, 3.8) is 0 Å². The fourth-order valence-corrected chi connectivity index (χ4v) is 2.75. The molecule has 0 heterocycles. The molecule has 1 fully saturated rings. The van der Waals surface area contributed by atoms with E-state index in [2.05, 4.69) is 4.72 Å². The number of rotatable bonds is 4. The van der Waals surface area contributed by atoms with Crippen molar-refractivity contribution in [1.82, 2.24) is 4.72 Å². The third kappa shape index (κ3) is 2.42. The van der Waals surface area contributed by atoms with Gasteiger partial charge in [-0.3, -0.25) is 10.1 Å². The summed E-state index contributed by atoms with van der Waals surface area (Å²) in [5.74, 6) is -0.581. The summed E-state index contributed by atoms with van der Waals surface area (Å²) in [4.78, 5) is 9.48. The molecule has 98 valence electrons. The minimum absolute atomic E-state index is 0.216. The van der Waals surface area contributed by atoms with E-state index < -0.39 is 26.4 Å². The molecular formula is C9H11N3O5S. The summed E-state index contributed by atoms with van der Waals surface area (Å²) in [5, 5.41) is 19.8. The van der Waals surface area contributed by atoms with Gasteiger partial charge in [0.1, 0.15) is 0 Å². The van der Waals surface area contributed by atoms with Gasteiger partial charge in [0.05, 0.1) is 9.82 Å². The molecule has 0 radical (unpaired) electrons. The molecule has 9 heteroatoms. The molecule has 8 nitrogen and oxygen atoms in total. The molecule has 1 saturated carbocycles. The molecule has 0 amide bonds. The molecule has 2 atom stereocenters. The van der Waals surface area contributed by atoms with E-state index >= 15 is 0 Å². The number of hydrogen-bond donors (Lipinski definition) is 3. The highest BCUT2D eigenvalue weighted by atomic mass is 32.2. The smallest absolute Gasteiger partial charge is 0.312 e. The van der Waals surface area contributed by atoms with E-state index in [1.165, 1.54) is 0 Å². The average molecular weight is 273 g/mol. The first-order valence-electron chi connectivity index (χ1n) is 5.06. The summed E-state index contributed by atoms with van der Waals surface area (Å²) in [7, 11) is -3.85. The van der Waals surface area contributed by atoms with Crippen LogP contribution in [0.5, 0.6) is 5.75 Å². The fraction of sp³-hybridized carbons (Fsp3) is 0.333. The highest BCUT2D eigenvalue weighted by Gasteiger charge is 2.37. The van der Waals surface area contributed by atoms with Crippen molar-refractivity contribution in [3.05, 3.63) is 28.3 Å². The van der Waals surface area contributed by atoms with E-state index in [1.807, 2.05) is 0 Å². The van der Waals surface area contributed by atoms with E-state index in [-0.39, 0.29) is 17.0 Å². The first-order valence-corrected chi connectivity index (χ1v) is 6.55. The van der Waals surface area contributed by atoms with Gasteiger partial charge in [0.15, 0.2) is 5.75 Å². The standard InChI is InChI=1S/C9H11N3O5S/c10-6-4-7(6)11-18(16,17)5-1-2-9(13)8(3-5)12(14)15/h1-3,6-7,11,13H,4,10H2. The quantitative estimate of drug-likeness (QED) is 0.508. The number of nitrogens with two attached hydrogens (primary N) is 1. The Kier molecular flexibility index (Phi) is 2.97. The summed E-state index contributed by atoms with van der Waals surface area (Å²) >= 11 is 0. The Balaban J connectivity index is 2.33. The first-order chi connectivity index (χ1) is 8.31. The Morgan fingerprint density at radius 3 is 2.61 bits per heavy atom. The van der Waals surface area contributed by atoms with Crippen molar-refractivity contribution in [1.29, 1.82) is 0 Å². The normalized spacial score (nSPS) is 22.7. The number of nitro benzene ring substituents is 1. The van der Waals surface area contributed by atoms with Crippen LogP contribution in [0.1, 0.15) is 6.42 Å². The molecular weight excluding hydrogens is 262 g/mol. The number of nitro groups is 1. The zero-order valence-electron chi connectivity index (χ0n) is 9.11. The van der Waals surface area contributed by atoms with Gasteiger partial charge >= 0.3 is 5.69 Å². The average Bonchev–Trinajstić information content (AvgIpc) is 2.92. The molecule has 2 rings (SSSR count). The van der Waals surface area contributed by atoms with Crippen LogP contribution in [0.2, 0.25) is 0 Å². The van der Waals surface area contributed by atoms with Crippen LogP contribution in [-0.2, 0) is 10.0 Å². The lowest BCUT2D eigenvalue weighted by atomic mass is 10.3. The molecule has 0 spiro atoms. The lowest BCUT2D eigenvalue weighted by Crippen LogP contribution is -2.29. The van der Waals surface area contributed by atoms with Gasteiger partial charge in [-0.15, -0.1) is 0 Å². The van der Waals surface area contributed by atoms with Gasteiger partial charge in [-0.1, -0.05) is 0 Å². The number of phenolic OH excluding ortho intramolecular Hbond substituents is 1. The highest BCUT2D eigenvalue weighted by molar-refractivity contribution is 7.89. The molecule has 1 aromatic carbocycles. The van der Waals surface area contributed by atoms with Crippen molar-refractivity contribution < 1.29 is 18.4 Å². The Labute approximate surface area is 103 Å². The van der Waals surface area contributed by atoms with Gasteiger partial charge in [0, 0.05) is 18.2 Å². The Bertz CT molecular complexity index is 600. The summed E-state index contributed by atoms with van der Waals surface area (Å²) in [6, 6.07) is 2.33. The maximum atomic E-state index is 11.8. The van der Waals surface area contributed by atoms with Crippen molar-refractivity contribution in [3.8, 4) is 5.75 Å². The van der Waals surface area contributed by atoms with Gasteiger partial charge in [-0.05, 0) is 18.6 Å². The maximum Gasteiger partial charge on any atom is 0.312 e. The monoisotopic (exact) mass is 273 g/mol. The van der Waals surface area contributed by atoms with Crippen LogP contribution in [0.15, 0.2) is 23.1 Å². The molecule has 18 heavy (non-hydrogen) atoms. The van der Waals surface area contributed by atoms with E-state index in [1.54, 1.807) is 0 Å². The second-order valence-electron chi connectivity index (χ2n) is 4.03. The maximum absolute atomic E-state index is 11.8. The zero-order valence-corrected chi connectivity index (χ0v) is 9.92. The number of nitrogens with one attached hydrogen (secondary N) is 1. The third-order valence-electron chi connectivity index (χ3n) is 2.60. The van der Waals surface area contributed by atoms with E-state index in [0.717, 1.165) is 18.2 Å². The van der Waals surface area contributed by atoms with Crippen LogP contribution in [0.25, 0.3) is 0 Å². The van der Waals surface area contributed by atoms with Crippen molar-refractivity contribution in [2.45, 2.75) is 23.4 Å². The van der Waals surface area contributed by atoms with Gasteiger partial charge in [-0.25, -0.2) is 13.1 Å². The second-order valence-corrected chi connectivity index (χ2v) is 5.75. The molecule has 0 saturated heterocycles. The largest absolute Gasteiger partial charge is 0.502 e. The van der Waals surface area contributed by atoms with Gasteiger partial charge in [0.2, 0.25) is 10.0 Å². The predicted molar refractivity (Wildman–Crippen MR) is 61.5 cm³/mol. The minimum atomic E-state index is -3.85. The SMILES string of the molecule is NC1CC1NS(=O)(=O)c1ccc(O)c([N+](=O)[O-])c1. The summed E-state index contributed by atoms with van der Waals surface area (Å²) < 4.78 is 26.0. The van der Waals surface area contributed by atoms with Gasteiger partial charge in [0.25, 0.3) is 0 Å². The fourth-order valence-electron chi connectivity index (χ4n) is 1.43. The lowest BCUT2D eigenvalue weighted by molar-refractivity contribution is -0.386. The molecule has 1 aliphatic carbocycles. The van der Waals surface area contributed by atoms with Crippen LogP contribution in [0, 0.1) is 10.1 Å². The van der Waals surface area contributed by atoms with Crippen molar-refractivity contribution in [2.24, 2.45) is 5.73 Å². The molecule has 2 unspecified atom stereocenters. The lowest BCUT2D eigenvalue weighted by Gasteiger charge is -2.06.